The van der Waals surface area contributed by atoms with Gasteiger partial charge in [-0.05, 0) is 32.1 Å². The molecule has 0 amide bonds. The lowest BCUT2D eigenvalue weighted by molar-refractivity contribution is -0.371. The summed E-state index contributed by atoms with van der Waals surface area (Å²) in [5.74, 6) is -0.623. The number of hydrogen-bond donors (Lipinski definition) is 1. The van der Waals surface area contributed by atoms with Crippen molar-refractivity contribution in [1.82, 2.24) is 0 Å². The number of alkyl halides is 6. The second-order valence-corrected chi connectivity index (χ2v) is 8.48. The maximum atomic E-state index is 12.7. The molecule has 1 unspecified atom stereocenters. The van der Waals surface area contributed by atoms with Crippen LogP contribution in [0.4, 0.5) is 26.3 Å². The monoisotopic (exact) mass is 424 g/mol. The van der Waals surface area contributed by atoms with Crippen LogP contribution in [0.5, 0.6) is 0 Å². The zero-order chi connectivity index (χ0) is 22.6. The molecule has 168 valence electrons. The Bertz CT molecular complexity index is 494. The molecule has 4 nitrogen and oxygen atoms in total. The molecule has 28 heavy (non-hydrogen) atoms. The Kier molecular flexibility index (Phi) is 8.85. The molecule has 0 saturated carbocycles. The highest BCUT2D eigenvalue weighted by molar-refractivity contribution is 5.77. The van der Waals surface area contributed by atoms with Crippen molar-refractivity contribution < 1.29 is 45.7 Å². The van der Waals surface area contributed by atoms with Gasteiger partial charge in [0, 0.05) is 6.42 Å². The molecule has 0 bridgehead atoms. The molecule has 10 heteroatoms. The van der Waals surface area contributed by atoms with E-state index in [-0.39, 0.29) is 18.3 Å². The Morgan fingerprint density at radius 1 is 1.00 bits per heavy atom. The minimum absolute atomic E-state index is 0.221. The van der Waals surface area contributed by atoms with Crippen LogP contribution in [0.15, 0.2) is 0 Å². The molecular formula is C18H30F6O4. The van der Waals surface area contributed by atoms with Gasteiger partial charge in [0.15, 0.2) is 0 Å². The van der Waals surface area contributed by atoms with E-state index in [4.69, 9.17) is 14.6 Å². The predicted octanol–water partition coefficient (Wildman–Crippen LogP) is 5.03. The van der Waals surface area contributed by atoms with E-state index in [0.717, 1.165) is 0 Å². The van der Waals surface area contributed by atoms with Crippen LogP contribution in [0.1, 0.15) is 60.8 Å². The Hall–Kier alpha value is -1.03. The zero-order valence-corrected chi connectivity index (χ0v) is 17.1. The minimum atomic E-state index is -5.90. The van der Waals surface area contributed by atoms with Gasteiger partial charge in [0.25, 0.3) is 5.60 Å². The summed E-state index contributed by atoms with van der Waals surface area (Å²) >= 11 is 0. The third kappa shape index (κ3) is 7.09. The highest BCUT2D eigenvalue weighted by Gasteiger charge is 2.69. The second-order valence-electron chi connectivity index (χ2n) is 8.48. The molecule has 0 fully saturated rings. The Morgan fingerprint density at radius 2 is 1.46 bits per heavy atom. The average molecular weight is 424 g/mol. The summed E-state index contributed by atoms with van der Waals surface area (Å²) in [6.07, 6.45) is -13.5. The smallest absolute Gasteiger partial charge is 0.426 e. The van der Waals surface area contributed by atoms with Gasteiger partial charge in [-0.3, -0.25) is 4.79 Å². The molecule has 0 radical (unpaired) electrons. The van der Waals surface area contributed by atoms with Gasteiger partial charge >= 0.3 is 18.3 Å². The summed E-state index contributed by atoms with van der Waals surface area (Å²) in [5, 5.41) is 9.16. The summed E-state index contributed by atoms with van der Waals surface area (Å²) in [5.41, 5.74) is -6.48. The van der Waals surface area contributed by atoms with Crippen molar-refractivity contribution in [1.29, 1.82) is 0 Å². The molecule has 0 spiro atoms. The summed E-state index contributed by atoms with van der Waals surface area (Å²) in [4.78, 5) is 12.6. The van der Waals surface area contributed by atoms with Crippen molar-refractivity contribution in [2.24, 2.45) is 10.8 Å². The average Bonchev–Trinajstić information content (AvgIpc) is 2.45. The lowest BCUT2D eigenvalue weighted by Gasteiger charge is -2.37. The fourth-order valence-electron chi connectivity index (χ4n) is 2.84. The Labute approximate surface area is 161 Å². The molecule has 1 N–H and O–H groups in total. The van der Waals surface area contributed by atoms with Crippen molar-refractivity contribution in [2.45, 2.75) is 84.9 Å². The Balaban J connectivity index is 5.36. The van der Waals surface area contributed by atoms with Gasteiger partial charge < -0.3 is 14.6 Å². The normalized spacial score (nSPS) is 16.2. The zero-order valence-electron chi connectivity index (χ0n) is 17.1. The van der Waals surface area contributed by atoms with Crippen LogP contribution in [-0.4, -0.2) is 48.3 Å². The molecule has 0 aromatic rings. The lowest BCUT2D eigenvalue weighted by atomic mass is 9.72. The molecule has 0 aliphatic heterocycles. The first kappa shape index (κ1) is 27.0. The van der Waals surface area contributed by atoms with E-state index in [2.05, 4.69) is 0 Å². The fourth-order valence-corrected chi connectivity index (χ4v) is 2.84. The van der Waals surface area contributed by atoms with Gasteiger partial charge in [-0.15, -0.1) is 0 Å². The van der Waals surface area contributed by atoms with E-state index in [1.807, 2.05) is 20.8 Å². The van der Waals surface area contributed by atoms with Crippen molar-refractivity contribution in [3.05, 3.63) is 0 Å². The maximum Gasteiger partial charge on any atom is 0.426 e. The first-order valence-electron chi connectivity index (χ1n) is 8.96. The largest absolute Gasteiger partial charge is 0.462 e. The number of aliphatic hydroxyl groups is 1. The molecule has 1 atom stereocenters. The van der Waals surface area contributed by atoms with Crippen molar-refractivity contribution in [2.75, 3.05) is 13.2 Å². The molecule has 0 saturated heterocycles. The number of rotatable bonds is 9. The van der Waals surface area contributed by atoms with Crippen LogP contribution in [0.2, 0.25) is 0 Å². The topological polar surface area (TPSA) is 55.8 Å². The Morgan fingerprint density at radius 3 is 1.79 bits per heavy atom. The highest BCUT2D eigenvalue weighted by atomic mass is 19.4. The van der Waals surface area contributed by atoms with Crippen LogP contribution in [0.3, 0.4) is 0 Å². The maximum absolute atomic E-state index is 12.7. The van der Waals surface area contributed by atoms with E-state index in [0.29, 0.717) is 0 Å². The third-order valence-electron chi connectivity index (χ3n) is 4.25. The van der Waals surface area contributed by atoms with Gasteiger partial charge in [0.1, 0.15) is 0 Å². The number of carbonyl (C=O) groups is 1. The number of hydrogen-bond acceptors (Lipinski definition) is 4. The molecule has 0 heterocycles. The number of halogens is 6. The summed E-state index contributed by atoms with van der Waals surface area (Å²) in [6, 6.07) is 0. The van der Waals surface area contributed by atoms with Crippen LogP contribution in [0, 0.1) is 10.8 Å². The van der Waals surface area contributed by atoms with E-state index < -0.39 is 55.1 Å². The fraction of sp³-hybridized carbons (Fsp3) is 0.944. The van der Waals surface area contributed by atoms with Gasteiger partial charge in [0.05, 0.1) is 24.7 Å². The lowest BCUT2D eigenvalue weighted by Crippen LogP contribution is -2.57. The van der Waals surface area contributed by atoms with Crippen molar-refractivity contribution in [3.8, 4) is 0 Å². The van der Waals surface area contributed by atoms with E-state index in [1.54, 1.807) is 20.8 Å². The van der Waals surface area contributed by atoms with E-state index in [9.17, 15) is 31.1 Å². The van der Waals surface area contributed by atoms with E-state index in [1.165, 1.54) is 0 Å². The van der Waals surface area contributed by atoms with Crippen LogP contribution in [0.25, 0.3) is 0 Å². The quantitative estimate of drug-likeness (QED) is 0.320. The summed E-state index contributed by atoms with van der Waals surface area (Å²) < 4.78 is 86.6. The summed E-state index contributed by atoms with van der Waals surface area (Å²) in [7, 11) is 0. The highest BCUT2D eigenvalue weighted by Crippen LogP contribution is 2.45. The van der Waals surface area contributed by atoms with Crippen molar-refractivity contribution >= 4 is 5.97 Å². The van der Waals surface area contributed by atoms with Gasteiger partial charge in [-0.25, -0.2) is 0 Å². The molecule has 0 aliphatic carbocycles. The second kappa shape index (κ2) is 9.19. The van der Waals surface area contributed by atoms with Crippen molar-refractivity contribution in [3.63, 3.8) is 0 Å². The number of ether oxygens (including phenoxy) is 2. The minimum Gasteiger partial charge on any atom is -0.462 e. The first-order chi connectivity index (χ1) is 12.3. The SMILES string of the molecule is CCC(COCCC(O)(C(F)(F)F)C(F)(F)F)(CC(C)(C)C)C(=O)OC(C)C. The standard InChI is InChI=1S/C18H30F6O4/c1-7-15(10-14(4,5)6,13(25)28-12(2)3)11-27-9-8-16(26,17(19,20)21)18(22,23)24/h12,26H,7-11H2,1-6H3. The van der Waals surface area contributed by atoms with Gasteiger partial charge in [-0.1, -0.05) is 27.7 Å². The predicted molar refractivity (Wildman–Crippen MR) is 90.5 cm³/mol. The number of carbonyl (C=O) groups excluding carboxylic acids is 1. The summed E-state index contributed by atoms with van der Waals surface area (Å²) in [6.45, 7) is 8.99. The molecular weight excluding hydrogens is 394 g/mol. The van der Waals surface area contributed by atoms with E-state index >= 15 is 0 Å². The molecule has 0 aliphatic rings. The van der Waals surface area contributed by atoms with Crippen LogP contribution in [-0.2, 0) is 14.3 Å². The van der Waals surface area contributed by atoms with Crippen LogP contribution < -0.4 is 0 Å². The first-order valence-corrected chi connectivity index (χ1v) is 8.96. The molecule has 0 aromatic carbocycles. The van der Waals surface area contributed by atoms with Gasteiger partial charge in [-0.2, -0.15) is 26.3 Å². The number of esters is 1. The molecule has 0 aromatic heterocycles. The third-order valence-corrected chi connectivity index (χ3v) is 4.25. The van der Waals surface area contributed by atoms with Gasteiger partial charge in [0.2, 0.25) is 0 Å². The van der Waals surface area contributed by atoms with Crippen LogP contribution >= 0.6 is 0 Å². The molecule has 0 rings (SSSR count).